The minimum absolute atomic E-state index is 0.0162. The Hall–Kier alpha value is -2.61. The number of halogens is 1. The predicted octanol–water partition coefficient (Wildman–Crippen LogP) is 1.65. The van der Waals surface area contributed by atoms with Gasteiger partial charge in [-0.3, -0.25) is 9.59 Å². The number of benzene rings is 1. The number of fused-ring (bicyclic) bond motifs is 1. The molecule has 0 aliphatic carbocycles. The third kappa shape index (κ3) is 3.78. The summed E-state index contributed by atoms with van der Waals surface area (Å²) in [7, 11) is 1.12. The summed E-state index contributed by atoms with van der Waals surface area (Å²) in [5, 5.41) is -0.500. The van der Waals surface area contributed by atoms with Crippen molar-refractivity contribution >= 4 is 34.0 Å². The van der Waals surface area contributed by atoms with Crippen molar-refractivity contribution in [1.29, 1.82) is 0 Å². The van der Waals surface area contributed by atoms with Crippen molar-refractivity contribution in [3.8, 4) is 5.75 Å². The molecule has 2 aromatic rings. The second kappa shape index (κ2) is 7.10. The van der Waals surface area contributed by atoms with Crippen LogP contribution in [0.15, 0.2) is 32.2 Å². The Morgan fingerprint density at radius 1 is 1.30 bits per heavy atom. The summed E-state index contributed by atoms with van der Waals surface area (Å²) < 4.78 is 15.1. The molecule has 23 heavy (non-hydrogen) atoms. The number of carbonyl (C=O) groups excluding carboxylic acids is 2. The molecule has 0 bridgehead atoms. The van der Waals surface area contributed by atoms with Gasteiger partial charge in [0.25, 0.3) is 5.56 Å². The Bertz CT molecular complexity index is 868. The molecule has 122 valence electrons. The van der Waals surface area contributed by atoms with E-state index in [1.807, 2.05) is 0 Å². The summed E-state index contributed by atoms with van der Waals surface area (Å²) >= 11 is 5.21. The van der Waals surface area contributed by atoms with Crippen molar-refractivity contribution in [1.82, 2.24) is 4.57 Å². The van der Waals surface area contributed by atoms with E-state index in [1.54, 1.807) is 0 Å². The Balaban J connectivity index is 2.47. The largest absolute Gasteiger partial charge is 0.513 e. The molecule has 8 nitrogen and oxygen atoms in total. The average molecular weight is 342 g/mol. The monoisotopic (exact) mass is 341 g/mol. The standard InChI is InChI=1S/C14H12ClNO7/c1-21-14(20)22-9-5-2-4-8-11(9)23-13(19)16(12(8)18)7-3-6-10(15)17/h2,4-5H,3,6-7H2,1H3. The lowest BCUT2D eigenvalue weighted by Gasteiger charge is -2.07. The lowest BCUT2D eigenvalue weighted by atomic mass is 10.2. The van der Waals surface area contributed by atoms with Crippen molar-refractivity contribution in [2.24, 2.45) is 0 Å². The molecule has 9 heteroatoms. The summed E-state index contributed by atoms with van der Waals surface area (Å²) in [4.78, 5) is 46.2. The van der Waals surface area contributed by atoms with Gasteiger partial charge in [-0.1, -0.05) is 6.07 Å². The topological polar surface area (TPSA) is 105 Å². The van der Waals surface area contributed by atoms with E-state index in [0.29, 0.717) is 0 Å². The molecule has 0 amide bonds. The van der Waals surface area contributed by atoms with Gasteiger partial charge in [0.15, 0.2) is 11.3 Å². The first kappa shape index (κ1) is 16.8. The fourth-order valence-electron chi connectivity index (χ4n) is 1.94. The van der Waals surface area contributed by atoms with Crippen LogP contribution < -0.4 is 16.1 Å². The molecule has 1 heterocycles. The number of hydrogen-bond acceptors (Lipinski definition) is 7. The van der Waals surface area contributed by atoms with Crippen LogP contribution in [0.4, 0.5) is 4.79 Å². The number of hydrogen-bond donors (Lipinski definition) is 0. The first-order valence-electron chi connectivity index (χ1n) is 6.55. The molecule has 0 unspecified atom stereocenters. The normalized spacial score (nSPS) is 10.5. The quantitative estimate of drug-likeness (QED) is 0.462. The van der Waals surface area contributed by atoms with Crippen LogP contribution in [-0.2, 0) is 16.1 Å². The van der Waals surface area contributed by atoms with Crippen molar-refractivity contribution in [2.45, 2.75) is 19.4 Å². The van der Waals surface area contributed by atoms with Crippen molar-refractivity contribution in [3.05, 3.63) is 39.1 Å². The maximum absolute atomic E-state index is 12.3. The lowest BCUT2D eigenvalue weighted by molar-refractivity contribution is -0.111. The Morgan fingerprint density at radius 3 is 2.70 bits per heavy atom. The first-order valence-corrected chi connectivity index (χ1v) is 6.92. The van der Waals surface area contributed by atoms with Gasteiger partial charge in [0.2, 0.25) is 5.24 Å². The Kier molecular flexibility index (Phi) is 5.17. The zero-order valence-corrected chi connectivity index (χ0v) is 12.8. The summed E-state index contributed by atoms with van der Waals surface area (Å²) in [6.45, 7) is -0.0162. The fraction of sp³-hybridized carbons (Fsp3) is 0.286. The smallest absolute Gasteiger partial charge is 0.437 e. The van der Waals surface area contributed by atoms with Crippen LogP contribution in [0.5, 0.6) is 5.75 Å². The number of carbonyl (C=O) groups is 2. The SMILES string of the molecule is COC(=O)Oc1cccc2c(=O)n(CCCC(=O)Cl)c(=O)oc12. The Morgan fingerprint density at radius 2 is 2.04 bits per heavy atom. The van der Waals surface area contributed by atoms with Crippen molar-refractivity contribution in [3.63, 3.8) is 0 Å². The molecule has 0 spiro atoms. The fourth-order valence-corrected chi connectivity index (χ4v) is 2.07. The third-order valence-electron chi connectivity index (χ3n) is 2.98. The van der Waals surface area contributed by atoms with Crippen molar-refractivity contribution < 1.29 is 23.5 Å². The van der Waals surface area contributed by atoms with Gasteiger partial charge < -0.3 is 13.9 Å². The van der Waals surface area contributed by atoms with Gasteiger partial charge in [-0.2, -0.15) is 0 Å². The van der Waals surface area contributed by atoms with Gasteiger partial charge in [-0.25, -0.2) is 14.2 Å². The molecule has 0 aliphatic heterocycles. The number of nitrogens with zero attached hydrogens (tertiary/aromatic N) is 1. The molecule has 0 saturated carbocycles. The van der Waals surface area contributed by atoms with Gasteiger partial charge in [0.05, 0.1) is 12.5 Å². The predicted molar refractivity (Wildman–Crippen MR) is 79.9 cm³/mol. The molecular formula is C14H12ClNO7. The highest BCUT2D eigenvalue weighted by Gasteiger charge is 2.16. The first-order chi connectivity index (χ1) is 10.9. The number of methoxy groups -OCH3 is 1. The minimum atomic E-state index is -1.01. The van der Waals surface area contributed by atoms with Crippen LogP contribution in [0.3, 0.4) is 0 Å². The molecule has 0 radical (unpaired) electrons. The maximum Gasteiger partial charge on any atom is 0.513 e. The van der Waals surface area contributed by atoms with Gasteiger partial charge >= 0.3 is 11.9 Å². The molecule has 0 atom stereocenters. The van der Waals surface area contributed by atoms with E-state index in [0.717, 1.165) is 11.7 Å². The van der Waals surface area contributed by atoms with E-state index in [2.05, 4.69) is 4.74 Å². The van der Waals surface area contributed by atoms with E-state index in [9.17, 15) is 19.2 Å². The van der Waals surface area contributed by atoms with E-state index < -0.39 is 22.7 Å². The number of ether oxygens (including phenoxy) is 2. The van der Waals surface area contributed by atoms with Crippen molar-refractivity contribution in [2.75, 3.05) is 7.11 Å². The molecule has 0 fully saturated rings. The number of para-hydroxylation sites is 1. The van der Waals surface area contributed by atoms with Gasteiger partial charge in [0, 0.05) is 13.0 Å². The van der Waals surface area contributed by atoms with Crippen LogP contribution in [0.25, 0.3) is 11.0 Å². The van der Waals surface area contributed by atoms with E-state index in [-0.39, 0.29) is 36.1 Å². The zero-order valence-electron chi connectivity index (χ0n) is 12.0. The molecule has 0 saturated heterocycles. The molecule has 1 aromatic carbocycles. The summed E-state index contributed by atoms with van der Waals surface area (Å²) in [6, 6.07) is 4.25. The van der Waals surface area contributed by atoms with Gasteiger partial charge in [-0.15, -0.1) is 0 Å². The number of aromatic nitrogens is 1. The lowest BCUT2D eigenvalue weighted by Crippen LogP contribution is -2.32. The number of rotatable bonds is 5. The minimum Gasteiger partial charge on any atom is -0.437 e. The van der Waals surface area contributed by atoms with E-state index in [1.165, 1.54) is 18.2 Å². The van der Waals surface area contributed by atoms with E-state index >= 15 is 0 Å². The molecule has 0 aliphatic rings. The summed E-state index contributed by atoms with van der Waals surface area (Å²) in [5.74, 6) is -1.03. The average Bonchev–Trinajstić information content (AvgIpc) is 2.51. The molecule has 2 rings (SSSR count). The highest BCUT2D eigenvalue weighted by atomic mass is 35.5. The van der Waals surface area contributed by atoms with E-state index in [4.69, 9.17) is 20.8 Å². The summed E-state index contributed by atoms with van der Waals surface area (Å²) in [6.07, 6.45) is -0.765. The van der Waals surface area contributed by atoms with Crippen LogP contribution in [0.1, 0.15) is 12.8 Å². The summed E-state index contributed by atoms with van der Waals surface area (Å²) in [5.41, 5.74) is -0.772. The van der Waals surface area contributed by atoms with Gasteiger partial charge in [0.1, 0.15) is 0 Å². The van der Waals surface area contributed by atoms with Crippen LogP contribution >= 0.6 is 11.6 Å². The van der Waals surface area contributed by atoms with Crippen LogP contribution in [-0.4, -0.2) is 23.1 Å². The molecular weight excluding hydrogens is 330 g/mol. The van der Waals surface area contributed by atoms with Crippen LogP contribution in [0.2, 0.25) is 0 Å². The molecule has 1 aromatic heterocycles. The second-order valence-electron chi connectivity index (χ2n) is 4.47. The van der Waals surface area contributed by atoms with Gasteiger partial charge in [-0.05, 0) is 30.2 Å². The third-order valence-corrected chi connectivity index (χ3v) is 3.17. The highest BCUT2D eigenvalue weighted by Crippen LogP contribution is 2.22. The Labute approximate surface area is 134 Å². The molecule has 0 N–H and O–H groups in total. The maximum atomic E-state index is 12.3. The van der Waals surface area contributed by atoms with Crippen LogP contribution in [0, 0.1) is 0 Å². The zero-order chi connectivity index (χ0) is 17.0. The second-order valence-corrected chi connectivity index (χ2v) is 4.89. The highest BCUT2D eigenvalue weighted by molar-refractivity contribution is 6.63.